The maximum absolute atomic E-state index is 5.34. The van der Waals surface area contributed by atoms with E-state index in [-0.39, 0.29) is 0 Å². The van der Waals surface area contributed by atoms with Crippen molar-refractivity contribution in [2.45, 2.75) is 38.8 Å². The average molecular weight is 137 g/mol. The van der Waals surface area contributed by atoms with E-state index in [1.807, 2.05) is 0 Å². The zero-order valence-corrected chi connectivity index (χ0v) is 6.72. The van der Waals surface area contributed by atoms with Crippen molar-refractivity contribution in [3.8, 4) is 12.3 Å². The smallest absolute Gasteiger partial charge is 0.0714 e. The van der Waals surface area contributed by atoms with Crippen LogP contribution < -0.4 is 5.32 Å². The van der Waals surface area contributed by atoms with Crippen LogP contribution in [0, 0.1) is 18.3 Å². The largest absolute Gasteiger partial charge is 0.301 e. The highest BCUT2D eigenvalue weighted by molar-refractivity contribution is 5.03. The summed E-state index contributed by atoms with van der Waals surface area (Å²) < 4.78 is 0. The highest BCUT2D eigenvalue weighted by Crippen LogP contribution is 2.18. The van der Waals surface area contributed by atoms with E-state index in [9.17, 15) is 0 Å². The second-order valence-corrected chi connectivity index (χ2v) is 3.27. The Morgan fingerprint density at radius 3 is 2.60 bits per heavy atom. The van der Waals surface area contributed by atoms with Crippen LogP contribution in [-0.2, 0) is 0 Å². The quantitative estimate of drug-likeness (QED) is 0.498. The predicted octanol–water partition coefficient (Wildman–Crippen LogP) is 1.40. The van der Waals surface area contributed by atoms with Crippen molar-refractivity contribution in [2.24, 2.45) is 5.92 Å². The van der Waals surface area contributed by atoms with Crippen LogP contribution in [0.4, 0.5) is 0 Å². The van der Waals surface area contributed by atoms with Gasteiger partial charge >= 0.3 is 0 Å². The second kappa shape index (κ2) is 3.07. The molecule has 0 amide bonds. The van der Waals surface area contributed by atoms with Gasteiger partial charge in [-0.25, -0.2) is 0 Å². The zero-order chi connectivity index (χ0) is 7.56. The Labute approximate surface area is 63.2 Å². The Balaban J connectivity index is 2.47. The summed E-state index contributed by atoms with van der Waals surface area (Å²) in [6.07, 6.45) is 7.87. The second-order valence-electron chi connectivity index (χ2n) is 3.27. The van der Waals surface area contributed by atoms with E-state index in [1.165, 1.54) is 12.8 Å². The lowest BCUT2D eigenvalue weighted by molar-refractivity contribution is 0.298. The van der Waals surface area contributed by atoms with E-state index in [2.05, 4.69) is 25.1 Å². The summed E-state index contributed by atoms with van der Waals surface area (Å²) >= 11 is 0. The highest BCUT2D eigenvalue weighted by Gasteiger charge is 2.22. The van der Waals surface area contributed by atoms with Crippen molar-refractivity contribution >= 4 is 0 Å². The Morgan fingerprint density at radius 1 is 1.40 bits per heavy atom. The van der Waals surface area contributed by atoms with Gasteiger partial charge in [0.25, 0.3) is 0 Å². The number of hydrogen-bond donors (Lipinski definition) is 1. The van der Waals surface area contributed by atoms with Crippen LogP contribution >= 0.6 is 0 Å². The molecule has 0 bridgehead atoms. The fourth-order valence-corrected chi connectivity index (χ4v) is 1.45. The fourth-order valence-electron chi connectivity index (χ4n) is 1.45. The number of piperidine rings is 1. The molecule has 1 fully saturated rings. The van der Waals surface area contributed by atoms with Crippen molar-refractivity contribution in [1.82, 2.24) is 5.32 Å². The third-order valence-electron chi connectivity index (χ3n) is 2.27. The lowest BCUT2D eigenvalue weighted by Crippen LogP contribution is -2.44. The van der Waals surface area contributed by atoms with Gasteiger partial charge in [-0.3, -0.25) is 0 Å². The monoisotopic (exact) mass is 137 g/mol. The van der Waals surface area contributed by atoms with Crippen LogP contribution in [-0.4, -0.2) is 12.1 Å². The minimum absolute atomic E-state index is 0.309. The maximum Gasteiger partial charge on any atom is 0.0714 e. The van der Waals surface area contributed by atoms with E-state index in [1.54, 1.807) is 0 Å². The fraction of sp³-hybridized carbons (Fsp3) is 0.778. The number of nitrogens with one attached hydrogen (secondary N) is 1. The molecule has 0 aliphatic carbocycles. The minimum atomic E-state index is 0.309. The third kappa shape index (κ3) is 1.52. The van der Waals surface area contributed by atoms with Gasteiger partial charge in [-0.15, -0.1) is 6.42 Å². The summed E-state index contributed by atoms with van der Waals surface area (Å²) in [5.41, 5.74) is 0. The molecule has 10 heavy (non-hydrogen) atoms. The molecule has 0 radical (unpaired) electrons. The highest BCUT2D eigenvalue weighted by atomic mass is 15.0. The van der Waals surface area contributed by atoms with Crippen LogP contribution in [0.5, 0.6) is 0 Å². The Bertz CT molecular complexity index is 145. The molecule has 1 aliphatic rings. The van der Waals surface area contributed by atoms with Crippen LogP contribution in [0.25, 0.3) is 0 Å². The molecule has 1 N–H and O–H groups in total. The van der Waals surface area contributed by atoms with Crippen LogP contribution in [0.1, 0.15) is 26.7 Å². The van der Waals surface area contributed by atoms with Gasteiger partial charge in [0, 0.05) is 6.04 Å². The van der Waals surface area contributed by atoms with Crippen molar-refractivity contribution in [3.63, 3.8) is 0 Å². The molecule has 56 valence electrons. The van der Waals surface area contributed by atoms with Gasteiger partial charge in [0.05, 0.1) is 6.04 Å². The van der Waals surface area contributed by atoms with E-state index in [0.29, 0.717) is 18.0 Å². The van der Waals surface area contributed by atoms with Gasteiger partial charge in [-0.05, 0) is 25.7 Å². The predicted molar refractivity (Wildman–Crippen MR) is 43.6 cm³/mol. The van der Waals surface area contributed by atoms with E-state index in [0.717, 1.165) is 0 Å². The van der Waals surface area contributed by atoms with Gasteiger partial charge in [-0.2, -0.15) is 0 Å². The van der Waals surface area contributed by atoms with Crippen LogP contribution in [0.3, 0.4) is 0 Å². The molecule has 2 unspecified atom stereocenters. The lowest BCUT2D eigenvalue weighted by atomic mass is 9.90. The zero-order valence-electron chi connectivity index (χ0n) is 6.72. The van der Waals surface area contributed by atoms with Gasteiger partial charge in [-0.1, -0.05) is 12.8 Å². The molecule has 0 spiro atoms. The number of terminal acetylenes is 1. The molecule has 1 nitrogen and oxygen atoms in total. The van der Waals surface area contributed by atoms with Crippen LogP contribution in [0.15, 0.2) is 0 Å². The molecule has 1 saturated heterocycles. The average Bonchev–Trinajstić information content (AvgIpc) is 1.94. The first-order chi connectivity index (χ1) is 4.74. The molecule has 0 aromatic carbocycles. The Morgan fingerprint density at radius 2 is 2.10 bits per heavy atom. The van der Waals surface area contributed by atoms with Crippen molar-refractivity contribution in [3.05, 3.63) is 0 Å². The van der Waals surface area contributed by atoms with Gasteiger partial charge in [0.1, 0.15) is 0 Å². The van der Waals surface area contributed by atoms with E-state index >= 15 is 0 Å². The molecule has 1 heterocycles. The third-order valence-corrected chi connectivity index (χ3v) is 2.27. The molecular weight excluding hydrogens is 122 g/mol. The summed E-state index contributed by atoms with van der Waals surface area (Å²) in [5.74, 6) is 3.43. The topological polar surface area (TPSA) is 12.0 Å². The summed E-state index contributed by atoms with van der Waals surface area (Å²) in [6.45, 7) is 4.40. The molecule has 1 heteroatoms. The molecule has 1 rings (SSSR count). The summed E-state index contributed by atoms with van der Waals surface area (Å²) in [5, 5.41) is 3.38. The molecule has 3 atom stereocenters. The molecule has 1 aliphatic heterocycles. The first-order valence-corrected chi connectivity index (χ1v) is 3.96. The first-order valence-electron chi connectivity index (χ1n) is 3.96. The lowest BCUT2D eigenvalue weighted by Gasteiger charge is -2.30. The van der Waals surface area contributed by atoms with Crippen molar-refractivity contribution in [2.75, 3.05) is 0 Å². The maximum atomic E-state index is 5.34. The molecule has 0 aromatic rings. The number of rotatable bonds is 0. The van der Waals surface area contributed by atoms with Gasteiger partial charge < -0.3 is 5.32 Å². The van der Waals surface area contributed by atoms with Crippen molar-refractivity contribution < 1.29 is 0 Å². The molecular formula is C9H15N. The Kier molecular flexibility index (Phi) is 2.34. The molecule has 0 aromatic heterocycles. The standard InChI is InChI=1S/C9H15N/c1-4-9-7(2)5-6-8(3)10-9/h1,7-10H,5-6H2,2-3H3/t7?,8?,9-/m0/s1. The minimum Gasteiger partial charge on any atom is -0.301 e. The summed E-state index contributed by atoms with van der Waals surface area (Å²) in [7, 11) is 0. The SMILES string of the molecule is C#C[C@@H]1NC(C)CCC1C. The van der Waals surface area contributed by atoms with Gasteiger partial charge in [0.15, 0.2) is 0 Å². The van der Waals surface area contributed by atoms with Gasteiger partial charge in [0.2, 0.25) is 0 Å². The number of hydrogen-bond acceptors (Lipinski definition) is 1. The van der Waals surface area contributed by atoms with Crippen molar-refractivity contribution in [1.29, 1.82) is 0 Å². The molecule has 0 saturated carbocycles. The Hall–Kier alpha value is -0.480. The normalized spacial score (nSPS) is 40.7. The summed E-state index contributed by atoms with van der Waals surface area (Å²) in [6, 6.07) is 0.918. The van der Waals surface area contributed by atoms with E-state index in [4.69, 9.17) is 6.42 Å². The summed E-state index contributed by atoms with van der Waals surface area (Å²) in [4.78, 5) is 0. The van der Waals surface area contributed by atoms with Crippen LogP contribution in [0.2, 0.25) is 0 Å². The van der Waals surface area contributed by atoms with E-state index < -0.39 is 0 Å². The first kappa shape index (κ1) is 7.63.